The molecule has 0 bridgehead atoms. The van der Waals surface area contributed by atoms with Crippen LogP contribution in [0.15, 0.2) is 52.3 Å². The summed E-state index contributed by atoms with van der Waals surface area (Å²) in [4.78, 5) is 21.2. The highest BCUT2D eigenvalue weighted by Gasteiger charge is 2.28. The molecule has 6 nitrogen and oxygen atoms in total. The number of nitrogens with zero attached hydrogens (tertiary/aromatic N) is 3. The van der Waals surface area contributed by atoms with Crippen molar-refractivity contribution in [2.75, 3.05) is 18.8 Å². The van der Waals surface area contributed by atoms with E-state index in [0.717, 1.165) is 21.3 Å². The summed E-state index contributed by atoms with van der Waals surface area (Å²) in [6, 6.07) is 11.0. The molecule has 0 radical (unpaired) electrons. The molecule has 0 atom stereocenters. The topological polar surface area (TPSA) is 77.9 Å². The van der Waals surface area contributed by atoms with Crippen molar-refractivity contribution >= 4 is 52.2 Å². The second-order valence-corrected chi connectivity index (χ2v) is 10.7. The van der Waals surface area contributed by atoms with Crippen LogP contribution in [0.25, 0.3) is 11.4 Å². The van der Waals surface area contributed by atoms with Crippen molar-refractivity contribution in [3.63, 3.8) is 0 Å². The van der Waals surface area contributed by atoms with Gasteiger partial charge in [-0.25, -0.2) is 4.98 Å². The first-order valence-corrected chi connectivity index (χ1v) is 12.8. The molecule has 1 amide bonds. The Labute approximate surface area is 205 Å². The van der Waals surface area contributed by atoms with Crippen LogP contribution >= 0.6 is 46.3 Å². The fourth-order valence-corrected chi connectivity index (χ4v) is 5.62. The second kappa shape index (κ2) is 10.5. The van der Waals surface area contributed by atoms with Gasteiger partial charge in [0.2, 0.25) is 5.91 Å². The number of carbonyl (C=O) groups is 1. The number of thiazole rings is 1. The third-order valence-corrected chi connectivity index (χ3v) is 8.09. The van der Waals surface area contributed by atoms with Gasteiger partial charge in [0.15, 0.2) is 4.34 Å². The number of likely N-dealkylation sites (tertiary alicyclic amines) is 1. The van der Waals surface area contributed by atoms with E-state index in [4.69, 9.17) is 23.2 Å². The van der Waals surface area contributed by atoms with Crippen LogP contribution in [0.2, 0.25) is 10.0 Å². The fourth-order valence-electron chi connectivity index (χ4n) is 3.66. The van der Waals surface area contributed by atoms with Crippen molar-refractivity contribution in [1.29, 1.82) is 0 Å². The number of piperidine rings is 1. The third kappa shape index (κ3) is 6.21. The predicted octanol–water partition coefficient (Wildman–Crippen LogP) is 5.40. The molecule has 4 rings (SSSR count). The summed E-state index contributed by atoms with van der Waals surface area (Å²) in [5.41, 5.74) is 2.52. The second-order valence-electron chi connectivity index (χ2n) is 7.76. The van der Waals surface area contributed by atoms with Crippen LogP contribution in [0, 0.1) is 5.21 Å². The first kappa shape index (κ1) is 23.5. The maximum absolute atomic E-state index is 13.1. The smallest absolute Gasteiger partial charge is 0.230 e. The van der Waals surface area contributed by atoms with Gasteiger partial charge in [-0.3, -0.25) is 9.78 Å². The maximum atomic E-state index is 13.1. The number of halogens is 2. The number of carbonyl (C=O) groups excluding carboxylic acids is 1. The minimum atomic E-state index is -0.311. The molecule has 1 fully saturated rings. The Morgan fingerprint density at radius 2 is 2.00 bits per heavy atom. The molecule has 1 aliphatic rings. The zero-order valence-electron chi connectivity index (χ0n) is 17.2. The lowest BCUT2D eigenvalue weighted by atomic mass is 10.0. The van der Waals surface area contributed by atoms with E-state index in [2.05, 4.69) is 15.3 Å². The molecule has 0 aliphatic carbocycles. The standard InChI is InChI=1S/C22H22Cl2N4O2S2/c23-17-5-4-15(11-18(17)24)12-28(30)9-6-16(7-10-28)26-21(29)14-32-22-27-20(13-31-22)19-3-1-2-8-25-19/h1-5,8,11,13,16H,6-7,9-10,12,14H2,(H,26,29). The van der Waals surface area contributed by atoms with Crippen LogP contribution in [0.1, 0.15) is 18.4 Å². The van der Waals surface area contributed by atoms with Crippen LogP contribution in [0.3, 0.4) is 0 Å². The Hall–Kier alpha value is -1.68. The van der Waals surface area contributed by atoms with Crippen molar-refractivity contribution in [1.82, 2.24) is 15.3 Å². The van der Waals surface area contributed by atoms with Gasteiger partial charge in [0.05, 0.1) is 34.6 Å². The van der Waals surface area contributed by atoms with Crippen molar-refractivity contribution in [2.45, 2.75) is 29.8 Å². The molecular weight excluding hydrogens is 487 g/mol. The van der Waals surface area contributed by atoms with Crippen LogP contribution in [-0.2, 0) is 11.3 Å². The molecule has 0 spiro atoms. The monoisotopic (exact) mass is 508 g/mol. The fraction of sp³-hybridized carbons (Fsp3) is 0.318. The van der Waals surface area contributed by atoms with Gasteiger partial charge in [-0.15, -0.1) is 11.3 Å². The minimum absolute atomic E-state index is 0.0254. The number of thioether (sulfide) groups is 1. The number of hydrogen-bond acceptors (Lipinski definition) is 6. The number of pyridine rings is 1. The number of quaternary nitrogens is 1. The molecule has 3 aromatic rings. The Morgan fingerprint density at radius 1 is 1.19 bits per heavy atom. The minimum Gasteiger partial charge on any atom is -0.633 e. The molecule has 0 unspecified atom stereocenters. The zero-order chi connectivity index (χ0) is 22.6. The van der Waals surface area contributed by atoms with Gasteiger partial charge in [0.25, 0.3) is 0 Å². The summed E-state index contributed by atoms with van der Waals surface area (Å²) < 4.78 is 0.524. The highest BCUT2D eigenvalue weighted by Crippen LogP contribution is 2.28. The summed E-state index contributed by atoms with van der Waals surface area (Å²) >= 11 is 14.9. The summed E-state index contributed by atoms with van der Waals surface area (Å²) in [5, 5.41) is 19.0. The largest absolute Gasteiger partial charge is 0.633 e. The van der Waals surface area contributed by atoms with Crippen molar-refractivity contribution in [3.05, 3.63) is 68.8 Å². The van der Waals surface area contributed by atoms with Crippen LogP contribution in [0.5, 0.6) is 0 Å². The van der Waals surface area contributed by atoms with Crippen LogP contribution in [-0.4, -0.2) is 45.4 Å². The van der Waals surface area contributed by atoms with Crippen molar-refractivity contribution < 1.29 is 9.44 Å². The third-order valence-electron chi connectivity index (χ3n) is 5.33. The molecule has 1 N–H and O–H groups in total. The van der Waals surface area contributed by atoms with Crippen molar-refractivity contribution in [3.8, 4) is 11.4 Å². The van der Waals surface area contributed by atoms with Crippen LogP contribution in [0.4, 0.5) is 0 Å². The molecule has 0 saturated carbocycles. The van der Waals surface area contributed by atoms with Crippen LogP contribution < -0.4 is 5.32 Å². The number of benzene rings is 1. The highest BCUT2D eigenvalue weighted by molar-refractivity contribution is 8.01. The van der Waals surface area contributed by atoms with E-state index >= 15 is 0 Å². The van der Waals surface area contributed by atoms with E-state index in [9.17, 15) is 10.0 Å². The molecule has 10 heteroatoms. The average molecular weight is 509 g/mol. The molecule has 1 aromatic carbocycles. The van der Waals surface area contributed by atoms with E-state index in [1.807, 2.05) is 29.6 Å². The van der Waals surface area contributed by atoms with E-state index in [1.165, 1.54) is 23.1 Å². The quantitative estimate of drug-likeness (QED) is 0.262. The molecule has 3 heterocycles. The number of hydrogen-bond donors (Lipinski definition) is 1. The average Bonchev–Trinajstić information content (AvgIpc) is 3.26. The van der Waals surface area contributed by atoms with Gasteiger partial charge in [0.1, 0.15) is 12.2 Å². The lowest BCUT2D eigenvalue weighted by molar-refractivity contribution is -0.898. The van der Waals surface area contributed by atoms with E-state index in [-0.39, 0.29) is 16.6 Å². The molecule has 168 valence electrons. The van der Waals surface area contributed by atoms with E-state index in [1.54, 1.807) is 18.3 Å². The normalized spacial score (nSPS) is 20.8. The molecular formula is C22H22Cl2N4O2S2. The summed E-state index contributed by atoms with van der Waals surface area (Å²) in [6.07, 6.45) is 3.05. The van der Waals surface area contributed by atoms with Gasteiger partial charge in [-0.05, 0) is 24.3 Å². The van der Waals surface area contributed by atoms with Gasteiger partial charge >= 0.3 is 0 Å². The van der Waals surface area contributed by atoms with Gasteiger partial charge in [0, 0.05) is 36.0 Å². The first-order chi connectivity index (χ1) is 15.4. The Morgan fingerprint density at radius 3 is 2.72 bits per heavy atom. The number of hydroxylamine groups is 3. The summed E-state index contributed by atoms with van der Waals surface area (Å²) in [6.45, 7) is 1.27. The predicted molar refractivity (Wildman–Crippen MR) is 131 cm³/mol. The Bertz CT molecular complexity index is 1070. The zero-order valence-corrected chi connectivity index (χ0v) is 20.3. The molecule has 1 aliphatic heterocycles. The lowest BCUT2D eigenvalue weighted by Crippen LogP contribution is -2.52. The Kier molecular flexibility index (Phi) is 7.70. The van der Waals surface area contributed by atoms with Gasteiger partial charge < -0.3 is 15.2 Å². The van der Waals surface area contributed by atoms with Gasteiger partial charge in [-0.1, -0.05) is 47.1 Å². The lowest BCUT2D eigenvalue weighted by Gasteiger charge is -2.47. The SMILES string of the molecule is O=C(CSc1nc(-c2ccccn2)cs1)NC1CC[N+]([O-])(Cc2ccc(Cl)c(Cl)c2)CC1. The van der Waals surface area contributed by atoms with Crippen molar-refractivity contribution in [2.24, 2.45) is 0 Å². The first-order valence-electron chi connectivity index (χ1n) is 10.2. The molecule has 1 saturated heterocycles. The number of amides is 1. The summed E-state index contributed by atoms with van der Waals surface area (Å²) in [7, 11) is 0. The Balaban J connectivity index is 1.22. The molecule has 2 aromatic heterocycles. The van der Waals surface area contributed by atoms with E-state index in [0.29, 0.717) is 48.3 Å². The van der Waals surface area contributed by atoms with E-state index < -0.39 is 0 Å². The number of aromatic nitrogens is 2. The number of nitrogens with one attached hydrogen (secondary N) is 1. The number of rotatable bonds is 7. The molecule has 32 heavy (non-hydrogen) atoms. The van der Waals surface area contributed by atoms with Gasteiger partial charge in [-0.2, -0.15) is 0 Å². The summed E-state index contributed by atoms with van der Waals surface area (Å²) in [5.74, 6) is 0.261. The highest BCUT2D eigenvalue weighted by atomic mass is 35.5. The maximum Gasteiger partial charge on any atom is 0.230 e.